The lowest BCUT2D eigenvalue weighted by molar-refractivity contribution is -0.153. The Morgan fingerprint density at radius 1 is 1.15 bits per heavy atom. The van der Waals surface area contributed by atoms with E-state index in [0.717, 1.165) is 5.56 Å². The highest BCUT2D eigenvalue weighted by molar-refractivity contribution is 6.24. The van der Waals surface area contributed by atoms with Crippen molar-refractivity contribution >= 4 is 29.1 Å². The molecule has 0 radical (unpaired) electrons. The van der Waals surface area contributed by atoms with Gasteiger partial charge in [0.1, 0.15) is 22.8 Å². The van der Waals surface area contributed by atoms with E-state index in [0.29, 0.717) is 38.3 Å². The van der Waals surface area contributed by atoms with Crippen LogP contribution in [0.1, 0.15) is 29.5 Å². The average Bonchev–Trinajstić information content (AvgIpc) is 2.90. The third kappa shape index (κ3) is 4.09. The molecule has 40 heavy (non-hydrogen) atoms. The fourth-order valence-electron chi connectivity index (χ4n) is 6.75. The largest absolute Gasteiger partial charge is 0.508 e. The molecule has 1 heterocycles. The van der Waals surface area contributed by atoms with Gasteiger partial charge in [0.05, 0.1) is 24.8 Å². The highest BCUT2D eigenvalue weighted by Gasteiger charge is 2.64. The summed E-state index contributed by atoms with van der Waals surface area (Å²) in [5.74, 6) is -6.94. The minimum Gasteiger partial charge on any atom is -0.508 e. The summed E-state index contributed by atoms with van der Waals surface area (Å²) >= 11 is 0. The maximum Gasteiger partial charge on any atom is 0.255 e. The minimum atomic E-state index is -2.68. The number of aromatic hydroxyl groups is 1. The minimum absolute atomic E-state index is 0.00751. The van der Waals surface area contributed by atoms with Crippen LogP contribution in [-0.2, 0) is 36.8 Å². The highest BCUT2D eigenvalue weighted by Crippen LogP contribution is 2.53. The number of morpholine rings is 1. The van der Waals surface area contributed by atoms with Crippen LogP contribution in [0.3, 0.4) is 0 Å². The van der Waals surface area contributed by atoms with Gasteiger partial charge in [-0.2, -0.15) is 0 Å². The number of amides is 2. The number of rotatable bonds is 5. The monoisotopic (exact) mass is 555 g/mol. The lowest BCUT2D eigenvalue weighted by atomic mass is 9.57. The number of Topliss-reactive ketones (excluding diaryl/α,β-unsaturated/α-hetero) is 2. The van der Waals surface area contributed by atoms with Gasteiger partial charge in [-0.15, -0.1) is 0 Å². The lowest BCUT2D eigenvalue weighted by Crippen LogP contribution is -2.65. The van der Waals surface area contributed by atoms with E-state index >= 15 is 0 Å². The van der Waals surface area contributed by atoms with Crippen molar-refractivity contribution in [2.75, 3.05) is 40.4 Å². The number of nitrogens with zero attached hydrogens (tertiary/aromatic N) is 2. The Hall–Kier alpha value is -3.74. The van der Waals surface area contributed by atoms with Crippen LogP contribution >= 0.6 is 0 Å². The van der Waals surface area contributed by atoms with Crippen molar-refractivity contribution in [3.8, 4) is 5.75 Å². The molecule has 1 saturated heterocycles. The number of primary amides is 1. The molecule has 0 spiro atoms. The molecule has 6 N–H and O–H groups in total. The van der Waals surface area contributed by atoms with Gasteiger partial charge in [-0.05, 0) is 56.5 Å². The molecule has 4 aliphatic rings. The summed E-state index contributed by atoms with van der Waals surface area (Å²) < 4.78 is 5.30. The molecule has 12 heteroatoms. The Balaban J connectivity index is 1.56. The number of hydrogen-bond donors (Lipinski definition) is 5. The third-order valence-electron chi connectivity index (χ3n) is 8.67. The Bertz CT molecular complexity index is 1370. The molecule has 4 atom stereocenters. The van der Waals surface area contributed by atoms with Crippen LogP contribution in [0.5, 0.6) is 5.75 Å². The quantitative estimate of drug-likeness (QED) is 0.303. The van der Waals surface area contributed by atoms with Crippen molar-refractivity contribution in [1.29, 1.82) is 0 Å². The number of aryl methyl sites for hydroxylation is 1. The molecule has 1 aromatic rings. The van der Waals surface area contributed by atoms with Gasteiger partial charge in [-0.1, -0.05) is 6.07 Å². The summed E-state index contributed by atoms with van der Waals surface area (Å²) in [5.41, 5.74) is 2.92. The molecule has 3 aliphatic carbocycles. The van der Waals surface area contributed by atoms with Gasteiger partial charge >= 0.3 is 0 Å². The lowest BCUT2D eigenvalue weighted by Gasteiger charge is -2.50. The smallest absolute Gasteiger partial charge is 0.255 e. The van der Waals surface area contributed by atoms with Crippen molar-refractivity contribution in [2.45, 2.75) is 37.3 Å². The van der Waals surface area contributed by atoms with E-state index in [1.54, 1.807) is 25.1 Å². The van der Waals surface area contributed by atoms with Crippen molar-refractivity contribution in [2.24, 2.45) is 17.6 Å². The molecule has 0 aromatic heterocycles. The van der Waals surface area contributed by atoms with Gasteiger partial charge in [0, 0.05) is 31.0 Å². The van der Waals surface area contributed by atoms with Crippen LogP contribution in [0.2, 0.25) is 0 Å². The van der Waals surface area contributed by atoms with Gasteiger partial charge in [0.25, 0.3) is 5.91 Å². The van der Waals surface area contributed by atoms with Gasteiger partial charge in [0.15, 0.2) is 11.4 Å². The fourth-order valence-corrected chi connectivity index (χ4v) is 6.75. The molecule has 0 bridgehead atoms. The normalized spacial score (nSPS) is 28.4. The van der Waals surface area contributed by atoms with Gasteiger partial charge in [-0.3, -0.25) is 24.1 Å². The first-order valence-electron chi connectivity index (χ1n) is 13.2. The molecule has 1 aromatic carbocycles. The second-order valence-corrected chi connectivity index (χ2v) is 11.1. The molecule has 4 unspecified atom stereocenters. The number of fused-ring (bicyclic) bond motifs is 3. The van der Waals surface area contributed by atoms with Crippen molar-refractivity contribution in [3.05, 3.63) is 45.7 Å². The standard InChI is InChI=1S/C28H33N3O9/c1-30(2)22-16-12-14-11-15-13(4-6-18(33)31-7-9-40-10-8-31)3-5-17(32)20(15)23(34)19(14)25(36)28(16,39)26(37)21(24(22)35)27(29)38/h3,5,14,16,22,32,34,37,39H,4,6-12H2,1-2H3,(H2,29,38). The summed E-state index contributed by atoms with van der Waals surface area (Å²) in [6.07, 6.45) is 0.726. The van der Waals surface area contributed by atoms with Crippen LogP contribution in [-0.4, -0.2) is 106 Å². The molecular formula is C28H33N3O9. The first-order valence-corrected chi connectivity index (χ1v) is 13.2. The summed E-state index contributed by atoms with van der Waals surface area (Å²) in [5, 5.41) is 44.6. The third-order valence-corrected chi connectivity index (χ3v) is 8.67. The number of ketones is 2. The van der Waals surface area contributed by atoms with Crippen molar-refractivity contribution in [3.63, 3.8) is 0 Å². The Morgan fingerprint density at radius 3 is 2.45 bits per heavy atom. The Morgan fingerprint density at radius 2 is 1.82 bits per heavy atom. The van der Waals surface area contributed by atoms with Crippen LogP contribution < -0.4 is 5.73 Å². The van der Waals surface area contributed by atoms with E-state index in [9.17, 15) is 39.6 Å². The van der Waals surface area contributed by atoms with Gasteiger partial charge in [0.2, 0.25) is 11.7 Å². The molecular weight excluding hydrogens is 522 g/mol. The Labute approximate surface area is 230 Å². The number of phenols is 1. The van der Waals surface area contributed by atoms with Crippen molar-refractivity contribution < 1.29 is 44.3 Å². The van der Waals surface area contributed by atoms with Crippen molar-refractivity contribution in [1.82, 2.24) is 9.80 Å². The summed E-state index contributed by atoms with van der Waals surface area (Å²) in [6.45, 7) is 1.98. The van der Waals surface area contributed by atoms with E-state index < -0.39 is 58.0 Å². The van der Waals surface area contributed by atoms with Gasteiger partial charge in [-0.25, -0.2) is 0 Å². The number of nitrogens with two attached hydrogens (primary N) is 1. The Kier molecular flexibility index (Phi) is 6.97. The predicted octanol–water partition coefficient (Wildman–Crippen LogP) is -0.245. The second kappa shape index (κ2) is 10.0. The number of hydrogen-bond acceptors (Lipinski definition) is 10. The highest BCUT2D eigenvalue weighted by atomic mass is 16.5. The first-order chi connectivity index (χ1) is 18.9. The van der Waals surface area contributed by atoms with E-state index in [4.69, 9.17) is 10.5 Å². The first kappa shape index (κ1) is 27.8. The number of carbonyl (C=O) groups excluding carboxylic acids is 4. The second-order valence-electron chi connectivity index (χ2n) is 11.1. The molecule has 214 valence electrons. The van der Waals surface area contributed by atoms with Crippen LogP contribution in [0, 0.1) is 11.8 Å². The number of aliphatic hydroxyl groups excluding tert-OH is 2. The zero-order valence-electron chi connectivity index (χ0n) is 22.3. The number of carbonyl (C=O) groups is 4. The van der Waals surface area contributed by atoms with Crippen LogP contribution in [0.4, 0.5) is 0 Å². The number of phenolic OH excluding ortho intramolecular Hbond substituents is 1. The molecule has 2 amide bonds. The van der Waals surface area contributed by atoms with Crippen LogP contribution in [0.25, 0.3) is 5.76 Å². The zero-order chi connectivity index (χ0) is 29.1. The fraction of sp³-hybridized carbons (Fsp3) is 0.500. The predicted molar refractivity (Wildman–Crippen MR) is 140 cm³/mol. The number of benzene rings is 1. The number of ether oxygens (including phenoxy) is 1. The summed E-state index contributed by atoms with van der Waals surface area (Å²) in [4.78, 5) is 55.1. The van der Waals surface area contributed by atoms with E-state index in [-0.39, 0.29) is 42.1 Å². The van der Waals surface area contributed by atoms with E-state index in [1.165, 1.54) is 11.0 Å². The molecule has 5 rings (SSSR count). The maximum absolute atomic E-state index is 13.9. The SMILES string of the molecule is CN(C)C1C(=O)C(C(N)=O)=C(O)C2(O)C(=O)C3=C(O)c4c(O)ccc(CCC(=O)N5CCOCC5)c4CC3CC12. The molecule has 1 aliphatic heterocycles. The van der Waals surface area contributed by atoms with E-state index in [1.807, 2.05) is 0 Å². The molecule has 1 saturated carbocycles. The molecule has 12 nitrogen and oxygen atoms in total. The van der Waals surface area contributed by atoms with Gasteiger partial charge < -0.3 is 35.8 Å². The van der Waals surface area contributed by atoms with E-state index in [2.05, 4.69) is 0 Å². The molecule has 2 fully saturated rings. The number of aliphatic hydroxyl groups is 3. The summed E-state index contributed by atoms with van der Waals surface area (Å²) in [6, 6.07) is 1.91. The summed E-state index contributed by atoms with van der Waals surface area (Å²) in [7, 11) is 3.10. The number of likely N-dealkylation sites (N-methyl/N-ethyl adjacent to an activating group) is 1. The van der Waals surface area contributed by atoms with Crippen LogP contribution in [0.15, 0.2) is 29.0 Å². The maximum atomic E-state index is 13.9. The topological polar surface area (TPSA) is 191 Å². The average molecular weight is 556 g/mol. The zero-order valence-corrected chi connectivity index (χ0v) is 22.3.